The Morgan fingerprint density at radius 3 is 1.93 bits per heavy atom. The second-order valence-electron chi connectivity index (χ2n) is 2.79. The maximum Gasteiger partial charge on any atom is 0.160 e. The minimum absolute atomic E-state index is 0.0325. The third-order valence-corrected chi connectivity index (χ3v) is 2.33. The molecule has 0 saturated carbocycles. The van der Waals surface area contributed by atoms with Gasteiger partial charge in [0, 0.05) is 5.56 Å². The summed E-state index contributed by atoms with van der Waals surface area (Å²) in [6.45, 7) is 1.49. The molecule has 0 unspecified atom stereocenters. The first-order chi connectivity index (χ1) is 6.60. The molecule has 1 aromatic carbocycles. The van der Waals surface area contributed by atoms with Crippen LogP contribution in [0.3, 0.4) is 0 Å². The molecule has 1 rings (SSSR count). The summed E-state index contributed by atoms with van der Waals surface area (Å²) in [7, 11) is 3.05. The molecule has 0 heterocycles. The second-order valence-corrected chi connectivity index (χ2v) is 3.23. The summed E-state index contributed by atoms with van der Waals surface area (Å²) in [6, 6.07) is 3.29. The molecule has 0 bridgehead atoms. The number of methoxy groups -OCH3 is 2. The SMILES string of the molecule is COc1cc(C(C)=O)cc(OC)c1S. The van der Waals surface area contributed by atoms with Gasteiger partial charge in [0.2, 0.25) is 0 Å². The lowest BCUT2D eigenvalue weighted by atomic mass is 10.1. The molecule has 0 fully saturated rings. The topological polar surface area (TPSA) is 35.5 Å². The van der Waals surface area contributed by atoms with E-state index in [9.17, 15) is 4.79 Å². The molecule has 0 aromatic heterocycles. The molecular formula is C10H12O3S. The highest BCUT2D eigenvalue weighted by Crippen LogP contribution is 2.33. The van der Waals surface area contributed by atoms with Crippen molar-refractivity contribution < 1.29 is 14.3 Å². The Labute approximate surface area is 88.4 Å². The third kappa shape index (κ3) is 2.01. The minimum Gasteiger partial charge on any atom is -0.495 e. The van der Waals surface area contributed by atoms with Crippen LogP contribution in [0, 0.1) is 0 Å². The molecule has 14 heavy (non-hydrogen) atoms. The van der Waals surface area contributed by atoms with Crippen molar-refractivity contribution in [2.45, 2.75) is 11.8 Å². The van der Waals surface area contributed by atoms with Crippen molar-refractivity contribution in [1.29, 1.82) is 0 Å². The zero-order chi connectivity index (χ0) is 10.7. The fourth-order valence-electron chi connectivity index (χ4n) is 1.10. The van der Waals surface area contributed by atoms with Crippen LogP contribution in [-0.4, -0.2) is 20.0 Å². The molecule has 0 aliphatic heterocycles. The van der Waals surface area contributed by atoms with Crippen molar-refractivity contribution in [1.82, 2.24) is 0 Å². The Hall–Kier alpha value is -1.16. The lowest BCUT2D eigenvalue weighted by Crippen LogP contribution is -1.97. The Bertz CT molecular complexity index is 335. The largest absolute Gasteiger partial charge is 0.495 e. The highest BCUT2D eigenvalue weighted by molar-refractivity contribution is 7.80. The van der Waals surface area contributed by atoms with Gasteiger partial charge in [0.1, 0.15) is 11.5 Å². The Balaban J connectivity index is 3.32. The first-order valence-electron chi connectivity index (χ1n) is 4.06. The van der Waals surface area contributed by atoms with Crippen molar-refractivity contribution >= 4 is 18.4 Å². The van der Waals surface area contributed by atoms with Crippen molar-refractivity contribution in [2.75, 3.05) is 14.2 Å². The molecule has 0 atom stereocenters. The smallest absolute Gasteiger partial charge is 0.160 e. The molecule has 0 spiro atoms. The number of carbonyl (C=O) groups excluding carboxylic acids is 1. The van der Waals surface area contributed by atoms with E-state index in [1.807, 2.05) is 0 Å². The average Bonchev–Trinajstić information content (AvgIpc) is 2.17. The van der Waals surface area contributed by atoms with Gasteiger partial charge in [-0.3, -0.25) is 4.79 Å². The highest BCUT2D eigenvalue weighted by Gasteiger charge is 2.11. The van der Waals surface area contributed by atoms with Gasteiger partial charge in [0.15, 0.2) is 5.78 Å². The Kier molecular flexibility index (Phi) is 3.41. The Morgan fingerprint density at radius 2 is 1.64 bits per heavy atom. The molecule has 0 N–H and O–H groups in total. The fraction of sp³-hybridized carbons (Fsp3) is 0.300. The molecular weight excluding hydrogens is 200 g/mol. The van der Waals surface area contributed by atoms with Gasteiger partial charge >= 0.3 is 0 Å². The van der Waals surface area contributed by atoms with Gasteiger partial charge in [-0.05, 0) is 19.1 Å². The number of benzene rings is 1. The molecule has 4 heteroatoms. The van der Waals surface area contributed by atoms with Crippen LogP contribution in [0.1, 0.15) is 17.3 Å². The van der Waals surface area contributed by atoms with Gasteiger partial charge in [-0.25, -0.2) is 0 Å². The van der Waals surface area contributed by atoms with Crippen LogP contribution in [0.2, 0.25) is 0 Å². The van der Waals surface area contributed by atoms with Crippen molar-refractivity contribution in [3.05, 3.63) is 17.7 Å². The number of carbonyl (C=O) groups is 1. The number of hydrogen-bond acceptors (Lipinski definition) is 4. The van der Waals surface area contributed by atoms with E-state index in [1.54, 1.807) is 12.1 Å². The predicted octanol–water partition coefficient (Wildman–Crippen LogP) is 2.20. The number of ketones is 1. The van der Waals surface area contributed by atoms with E-state index >= 15 is 0 Å². The quantitative estimate of drug-likeness (QED) is 0.616. The number of thiol groups is 1. The van der Waals surface area contributed by atoms with Gasteiger partial charge in [-0.1, -0.05) is 0 Å². The number of hydrogen-bond donors (Lipinski definition) is 1. The van der Waals surface area contributed by atoms with Crippen LogP contribution in [0.25, 0.3) is 0 Å². The fourth-order valence-corrected chi connectivity index (χ4v) is 1.41. The lowest BCUT2D eigenvalue weighted by molar-refractivity contribution is 0.101. The molecule has 0 saturated heterocycles. The van der Waals surface area contributed by atoms with Gasteiger partial charge in [-0.2, -0.15) is 0 Å². The first-order valence-corrected chi connectivity index (χ1v) is 4.50. The molecule has 0 aliphatic carbocycles. The minimum atomic E-state index is -0.0325. The summed E-state index contributed by atoms with van der Waals surface area (Å²) >= 11 is 4.23. The molecule has 0 aliphatic rings. The van der Waals surface area contributed by atoms with E-state index in [4.69, 9.17) is 9.47 Å². The van der Waals surface area contributed by atoms with Crippen LogP contribution in [0.4, 0.5) is 0 Å². The van der Waals surface area contributed by atoms with E-state index in [1.165, 1.54) is 21.1 Å². The van der Waals surface area contributed by atoms with Gasteiger partial charge in [-0.15, -0.1) is 12.6 Å². The maximum atomic E-state index is 11.2. The number of rotatable bonds is 3. The van der Waals surface area contributed by atoms with Gasteiger partial charge in [0.05, 0.1) is 19.1 Å². The highest BCUT2D eigenvalue weighted by atomic mass is 32.1. The summed E-state index contributed by atoms with van der Waals surface area (Å²) in [4.78, 5) is 11.8. The second kappa shape index (κ2) is 4.37. The average molecular weight is 212 g/mol. The summed E-state index contributed by atoms with van der Waals surface area (Å²) in [5.41, 5.74) is 0.552. The number of Topliss-reactive ketones (excluding diaryl/α,β-unsaturated/α-hetero) is 1. The molecule has 76 valence electrons. The van der Waals surface area contributed by atoms with Gasteiger partial charge in [0.25, 0.3) is 0 Å². The first kappa shape index (κ1) is 10.9. The van der Waals surface area contributed by atoms with Crippen molar-refractivity contribution in [3.8, 4) is 11.5 Å². The zero-order valence-corrected chi connectivity index (χ0v) is 9.22. The maximum absolute atomic E-state index is 11.2. The van der Waals surface area contributed by atoms with Crippen LogP contribution in [0.5, 0.6) is 11.5 Å². The molecule has 0 amide bonds. The number of ether oxygens (including phenoxy) is 2. The van der Waals surface area contributed by atoms with Crippen LogP contribution in [-0.2, 0) is 0 Å². The summed E-state index contributed by atoms with van der Waals surface area (Å²) in [5, 5.41) is 0. The van der Waals surface area contributed by atoms with E-state index in [2.05, 4.69) is 12.6 Å². The van der Waals surface area contributed by atoms with Crippen molar-refractivity contribution in [2.24, 2.45) is 0 Å². The van der Waals surface area contributed by atoms with E-state index in [0.29, 0.717) is 22.0 Å². The molecule has 3 nitrogen and oxygen atoms in total. The normalized spacial score (nSPS) is 9.71. The van der Waals surface area contributed by atoms with E-state index in [-0.39, 0.29) is 5.78 Å². The van der Waals surface area contributed by atoms with Crippen LogP contribution in [0.15, 0.2) is 17.0 Å². The predicted molar refractivity (Wildman–Crippen MR) is 56.8 cm³/mol. The third-order valence-electron chi connectivity index (χ3n) is 1.89. The van der Waals surface area contributed by atoms with Crippen molar-refractivity contribution in [3.63, 3.8) is 0 Å². The zero-order valence-electron chi connectivity index (χ0n) is 8.33. The monoisotopic (exact) mass is 212 g/mol. The summed E-state index contributed by atoms with van der Waals surface area (Å²) in [6.07, 6.45) is 0. The van der Waals surface area contributed by atoms with E-state index < -0.39 is 0 Å². The summed E-state index contributed by atoms with van der Waals surface area (Å²) < 4.78 is 10.1. The molecule has 1 aromatic rings. The van der Waals surface area contributed by atoms with Crippen LogP contribution >= 0.6 is 12.6 Å². The standard InChI is InChI=1S/C10H12O3S/c1-6(11)7-4-8(12-2)10(14)9(5-7)13-3/h4-5,14H,1-3H3. The van der Waals surface area contributed by atoms with Gasteiger partial charge < -0.3 is 9.47 Å². The molecule has 0 radical (unpaired) electrons. The van der Waals surface area contributed by atoms with E-state index in [0.717, 1.165) is 0 Å². The summed E-state index contributed by atoms with van der Waals surface area (Å²) in [5.74, 6) is 1.05. The Morgan fingerprint density at radius 1 is 1.21 bits per heavy atom. The lowest BCUT2D eigenvalue weighted by Gasteiger charge is -2.10. The van der Waals surface area contributed by atoms with Crippen LogP contribution < -0.4 is 9.47 Å².